The molecule has 2 aliphatic rings. The first-order valence-corrected chi connectivity index (χ1v) is 10.4. The van der Waals surface area contributed by atoms with Crippen LogP contribution in [0.2, 0.25) is 0 Å². The van der Waals surface area contributed by atoms with E-state index >= 15 is 0 Å². The standard InChI is InChI=1S/C20H40N4O/c1-5-21-19(23-16-20(4)9-8-12-25-20)22-10-6-7-11-24-14-17(2)13-18(3)15-24/h17-18H,5-16H2,1-4H3,(H2,21,22,23). The molecule has 0 amide bonds. The highest BCUT2D eigenvalue weighted by molar-refractivity contribution is 5.79. The van der Waals surface area contributed by atoms with Crippen molar-refractivity contribution in [1.82, 2.24) is 15.5 Å². The maximum Gasteiger partial charge on any atom is 0.191 e. The van der Waals surface area contributed by atoms with E-state index in [-0.39, 0.29) is 5.60 Å². The molecular weight excluding hydrogens is 312 g/mol. The van der Waals surface area contributed by atoms with Crippen molar-refractivity contribution in [3.05, 3.63) is 0 Å². The monoisotopic (exact) mass is 352 g/mol. The van der Waals surface area contributed by atoms with Crippen LogP contribution in [0.5, 0.6) is 0 Å². The van der Waals surface area contributed by atoms with Gasteiger partial charge < -0.3 is 20.3 Å². The van der Waals surface area contributed by atoms with Crippen LogP contribution in [0.25, 0.3) is 0 Å². The first-order chi connectivity index (χ1) is 12.0. The van der Waals surface area contributed by atoms with Gasteiger partial charge >= 0.3 is 0 Å². The Morgan fingerprint density at radius 3 is 2.60 bits per heavy atom. The summed E-state index contributed by atoms with van der Waals surface area (Å²) in [4.78, 5) is 7.38. The molecule has 2 rings (SSSR count). The Morgan fingerprint density at radius 1 is 1.20 bits per heavy atom. The lowest BCUT2D eigenvalue weighted by Gasteiger charge is -2.34. The summed E-state index contributed by atoms with van der Waals surface area (Å²) in [5.74, 6) is 2.64. The molecule has 2 saturated heterocycles. The highest BCUT2D eigenvalue weighted by atomic mass is 16.5. The Hall–Kier alpha value is -0.810. The van der Waals surface area contributed by atoms with E-state index in [4.69, 9.17) is 9.73 Å². The number of aliphatic imine (C=N–C) groups is 1. The molecule has 2 N–H and O–H groups in total. The smallest absolute Gasteiger partial charge is 0.191 e. The second-order valence-electron chi connectivity index (χ2n) is 8.44. The first kappa shape index (κ1) is 20.5. The average Bonchev–Trinajstić information content (AvgIpc) is 2.98. The molecule has 0 aromatic carbocycles. The third-order valence-electron chi connectivity index (χ3n) is 5.35. The second-order valence-corrected chi connectivity index (χ2v) is 8.44. The third-order valence-corrected chi connectivity index (χ3v) is 5.35. The van der Waals surface area contributed by atoms with Crippen LogP contribution < -0.4 is 10.6 Å². The molecule has 0 spiro atoms. The van der Waals surface area contributed by atoms with E-state index in [2.05, 4.69) is 43.2 Å². The van der Waals surface area contributed by atoms with Crippen LogP contribution in [0.1, 0.15) is 59.8 Å². The normalized spacial score (nSPS) is 31.3. The molecule has 0 radical (unpaired) electrons. The van der Waals surface area contributed by atoms with Gasteiger partial charge in [0.2, 0.25) is 0 Å². The third kappa shape index (κ3) is 7.53. The minimum absolute atomic E-state index is 0.0655. The van der Waals surface area contributed by atoms with Gasteiger partial charge in [0.1, 0.15) is 0 Å². The number of likely N-dealkylation sites (tertiary alicyclic amines) is 1. The summed E-state index contributed by atoms with van der Waals surface area (Å²) in [6.45, 7) is 16.4. The number of unbranched alkanes of at least 4 members (excludes halogenated alkanes) is 1. The lowest BCUT2D eigenvalue weighted by molar-refractivity contribution is 0.0283. The summed E-state index contributed by atoms with van der Waals surface area (Å²) < 4.78 is 5.83. The fourth-order valence-corrected chi connectivity index (χ4v) is 4.19. The summed E-state index contributed by atoms with van der Waals surface area (Å²) in [7, 11) is 0. The molecule has 3 atom stereocenters. The van der Waals surface area contributed by atoms with Crippen molar-refractivity contribution in [2.45, 2.75) is 65.4 Å². The van der Waals surface area contributed by atoms with E-state index in [1.54, 1.807) is 0 Å². The summed E-state index contributed by atoms with van der Waals surface area (Å²) in [5, 5.41) is 6.83. The number of nitrogens with zero attached hydrogens (tertiary/aromatic N) is 2. The van der Waals surface area contributed by atoms with Crippen LogP contribution in [-0.4, -0.2) is 62.3 Å². The van der Waals surface area contributed by atoms with E-state index in [0.717, 1.165) is 56.9 Å². The molecule has 0 aromatic rings. The molecule has 0 aromatic heterocycles. The van der Waals surface area contributed by atoms with Gasteiger partial charge in [-0.05, 0) is 64.3 Å². The van der Waals surface area contributed by atoms with E-state index in [1.165, 1.54) is 38.9 Å². The number of guanidine groups is 1. The van der Waals surface area contributed by atoms with Gasteiger partial charge in [-0.3, -0.25) is 4.99 Å². The lowest BCUT2D eigenvalue weighted by Crippen LogP contribution is -2.40. The predicted octanol–water partition coefficient (Wildman–Crippen LogP) is 2.87. The zero-order chi connectivity index (χ0) is 18.1. The van der Waals surface area contributed by atoms with Gasteiger partial charge in [-0.15, -0.1) is 0 Å². The van der Waals surface area contributed by atoms with Gasteiger partial charge in [0.25, 0.3) is 0 Å². The zero-order valence-electron chi connectivity index (χ0n) is 16.9. The molecule has 3 unspecified atom stereocenters. The average molecular weight is 353 g/mol. The topological polar surface area (TPSA) is 48.9 Å². The fourth-order valence-electron chi connectivity index (χ4n) is 4.19. The van der Waals surface area contributed by atoms with Gasteiger partial charge in [-0.25, -0.2) is 0 Å². The van der Waals surface area contributed by atoms with Crippen molar-refractivity contribution in [2.24, 2.45) is 16.8 Å². The number of hydrogen-bond donors (Lipinski definition) is 2. The highest BCUT2D eigenvalue weighted by Gasteiger charge is 2.29. The Morgan fingerprint density at radius 2 is 1.96 bits per heavy atom. The second kappa shape index (κ2) is 10.4. The predicted molar refractivity (Wildman–Crippen MR) is 106 cm³/mol. The number of nitrogens with one attached hydrogen (secondary N) is 2. The van der Waals surface area contributed by atoms with E-state index in [1.807, 2.05) is 0 Å². The van der Waals surface area contributed by atoms with E-state index < -0.39 is 0 Å². The van der Waals surface area contributed by atoms with Crippen molar-refractivity contribution >= 4 is 5.96 Å². The van der Waals surface area contributed by atoms with Crippen LogP contribution in [0.3, 0.4) is 0 Å². The Kier molecular flexibility index (Phi) is 8.50. The molecule has 2 aliphatic heterocycles. The Bertz CT molecular complexity index is 397. The molecule has 146 valence electrons. The quantitative estimate of drug-likeness (QED) is 0.401. The molecule has 0 bridgehead atoms. The lowest BCUT2D eigenvalue weighted by atomic mass is 9.92. The summed E-state index contributed by atoms with van der Waals surface area (Å²) in [5.41, 5.74) is -0.0655. The minimum Gasteiger partial charge on any atom is -0.373 e. The van der Waals surface area contributed by atoms with Crippen molar-refractivity contribution in [1.29, 1.82) is 0 Å². The molecule has 5 nitrogen and oxygen atoms in total. The van der Waals surface area contributed by atoms with Crippen LogP contribution in [0, 0.1) is 11.8 Å². The van der Waals surface area contributed by atoms with Crippen molar-refractivity contribution in [3.63, 3.8) is 0 Å². The maximum absolute atomic E-state index is 5.83. The molecule has 2 fully saturated rings. The van der Waals surface area contributed by atoms with Crippen molar-refractivity contribution < 1.29 is 4.74 Å². The minimum atomic E-state index is -0.0655. The molecule has 5 heteroatoms. The van der Waals surface area contributed by atoms with E-state index in [0.29, 0.717) is 0 Å². The van der Waals surface area contributed by atoms with Gasteiger partial charge in [0.05, 0.1) is 12.1 Å². The van der Waals surface area contributed by atoms with Gasteiger partial charge in [0.15, 0.2) is 5.96 Å². The summed E-state index contributed by atoms with van der Waals surface area (Å²) in [6, 6.07) is 0. The van der Waals surface area contributed by atoms with Crippen LogP contribution in [-0.2, 0) is 4.74 Å². The molecular formula is C20H40N4O. The number of rotatable bonds is 8. The maximum atomic E-state index is 5.83. The van der Waals surface area contributed by atoms with Crippen molar-refractivity contribution in [2.75, 3.05) is 45.9 Å². The van der Waals surface area contributed by atoms with Gasteiger partial charge in [-0.1, -0.05) is 13.8 Å². The van der Waals surface area contributed by atoms with Gasteiger partial charge in [-0.2, -0.15) is 0 Å². The molecule has 0 saturated carbocycles. The Balaban J connectivity index is 1.63. The van der Waals surface area contributed by atoms with Crippen LogP contribution in [0.15, 0.2) is 4.99 Å². The Labute approximate surface area is 155 Å². The first-order valence-electron chi connectivity index (χ1n) is 10.4. The fraction of sp³-hybridized carbons (Fsp3) is 0.950. The SMILES string of the molecule is CCNC(=NCC1(C)CCCO1)NCCCCN1CC(C)CC(C)C1. The largest absolute Gasteiger partial charge is 0.373 e. The molecule has 0 aliphatic carbocycles. The molecule has 2 heterocycles. The number of hydrogen-bond acceptors (Lipinski definition) is 3. The van der Waals surface area contributed by atoms with Crippen LogP contribution in [0.4, 0.5) is 0 Å². The summed E-state index contributed by atoms with van der Waals surface area (Å²) in [6.07, 6.45) is 6.11. The molecule has 25 heavy (non-hydrogen) atoms. The highest BCUT2D eigenvalue weighted by Crippen LogP contribution is 2.25. The van der Waals surface area contributed by atoms with Crippen molar-refractivity contribution in [3.8, 4) is 0 Å². The number of piperidine rings is 1. The van der Waals surface area contributed by atoms with E-state index in [9.17, 15) is 0 Å². The summed E-state index contributed by atoms with van der Waals surface area (Å²) >= 11 is 0. The zero-order valence-corrected chi connectivity index (χ0v) is 16.9. The van der Waals surface area contributed by atoms with Crippen LogP contribution >= 0.6 is 0 Å². The number of ether oxygens (including phenoxy) is 1. The van der Waals surface area contributed by atoms with Gasteiger partial charge in [0, 0.05) is 32.8 Å².